The summed E-state index contributed by atoms with van der Waals surface area (Å²) in [6.45, 7) is 5.50. The molecule has 4 heteroatoms. The molecule has 0 amide bonds. The fourth-order valence-electron chi connectivity index (χ4n) is 1.35. The fraction of sp³-hybridized carbons (Fsp3) is 0.500. The maximum Gasteiger partial charge on any atom is 0.134 e. The van der Waals surface area contributed by atoms with Gasteiger partial charge in [0.15, 0.2) is 0 Å². The zero-order valence-electron chi connectivity index (χ0n) is 9.63. The highest BCUT2D eigenvalue weighted by Gasteiger charge is 2.19. The van der Waals surface area contributed by atoms with Crippen LogP contribution < -0.4 is 0 Å². The van der Waals surface area contributed by atoms with Gasteiger partial charge in [0.05, 0.1) is 11.7 Å². The summed E-state index contributed by atoms with van der Waals surface area (Å²) < 4.78 is 27.0. The van der Waals surface area contributed by atoms with Crippen LogP contribution in [-0.2, 0) is 0 Å². The lowest BCUT2D eigenvalue weighted by atomic mass is 10.1. The number of benzene rings is 1. The normalized spacial score (nSPS) is 13.2. The van der Waals surface area contributed by atoms with Crippen molar-refractivity contribution in [1.29, 1.82) is 0 Å². The Morgan fingerprint density at radius 2 is 1.94 bits per heavy atom. The maximum atomic E-state index is 13.6. The maximum absolute atomic E-state index is 13.6. The highest BCUT2D eigenvalue weighted by Crippen LogP contribution is 2.27. The van der Waals surface area contributed by atoms with Crippen molar-refractivity contribution in [3.05, 3.63) is 34.9 Å². The van der Waals surface area contributed by atoms with Crippen LogP contribution in [0.25, 0.3) is 0 Å². The van der Waals surface area contributed by atoms with Gasteiger partial charge in [0, 0.05) is 5.75 Å². The van der Waals surface area contributed by atoms with Crippen LogP contribution in [-0.4, -0.2) is 16.1 Å². The van der Waals surface area contributed by atoms with E-state index in [4.69, 9.17) is 0 Å². The first-order valence-electron chi connectivity index (χ1n) is 5.17. The Kier molecular flexibility index (Phi) is 4.74. The summed E-state index contributed by atoms with van der Waals surface area (Å²) >= 11 is 1.47. The van der Waals surface area contributed by atoms with E-state index in [9.17, 15) is 13.9 Å². The number of thioether (sulfide) groups is 1. The molecule has 1 N–H and O–H groups in total. The third-order valence-corrected chi connectivity index (χ3v) is 3.42. The van der Waals surface area contributed by atoms with Crippen molar-refractivity contribution in [2.45, 2.75) is 32.1 Å². The van der Waals surface area contributed by atoms with Crippen molar-refractivity contribution in [3.63, 3.8) is 0 Å². The Morgan fingerprint density at radius 1 is 1.31 bits per heavy atom. The summed E-state index contributed by atoms with van der Waals surface area (Å²) in [5, 5.41) is 10.1. The Bertz CT molecular complexity index is 366. The molecule has 0 saturated carbocycles. The lowest BCUT2D eigenvalue weighted by Gasteiger charge is -2.15. The predicted molar refractivity (Wildman–Crippen MR) is 63.6 cm³/mol. The highest BCUT2D eigenvalue weighted by atomic mass is 32.2. The minimum Gasteiger partial charge on any atom is -0.387 e. The number of hydrogen-bond acceptors (Lipinski definition) is 2. The van der Waals surface area contributed by atoms with Gasteiger partial charge in [-0.1, -0.05) is 19.9 Å². The standard InChI is InChI=1S/C12H16F2OS/c1-7(2)16-6-10(15)11-9(13)5-4-8(3)12(11)14/h4-5,7,10,15H,6H2,1-3H3. The van der Waals surface area contributed by atoms with Gasteiger partial charge in [-0.05, 0) is 23.8 Å². The zero-order chi connectivity index (χ0) is 12.3. The van der Waals surface area contributed by atoms with Gasteiger partial charge < -0.3 is 5.11 Å². The quantitative estimate of drug-likeness (QED) is 0.878. The van der Waals surface area contributed by atoms with Crippen LogP contribution in [0.1, 0.15) is 31.1 Å². The smallest absolute Gasteiger partial charge is 0.134 e. The van der Waals surface area contributed by atoms with Crippen LogP contribution in [0.3, 0.4) is 0 Å². The lowest BCUT2D eigenvalue weighted by molar-refractivity contribution is 0.193. The Hall–Kier alpha value is -0.610. The van der Waals surface area contributed by atoms with E-state index in [1.807, 2.05) is 13.8 Å². The third-order valence-electron chi connectivity index (χ3n) is 2.24. The summed E-state index contributed by atoms with van der Waals surface area (Å²) in [5.41, 5.74) is 0.137. The molecule has 0 saturated heterocycles. The molecule has 1 nitrogen and oxygen atoms in total. The van der Waals surface area contributed by atoms with Gasteiger partial charge in [-0.3, -0.25) is 0 Å². The number of hydrogen-bond donors (Lipinski definition) is 1. The van der Waals surface area contributed by atoms with Gasteiger partial charge in [-0.25, -0.2) is 8.78 Å². The predicted octanol–water partition coefficient (Wildman–Crippen LogP) is 3.45. The van der Waals surface area contributed by atoms with E-state index in [1.54, 1.807) is 6.92 Å². The molecule has 16 heavy (non-hydrogen) atoms. The second-order valence-corrected chi connectivity index (χ2v) is 5.60. The second kappa shape index (κ2) is 5.64. The van der Waals surface area contributed by atoms with Crippen LogP contribution >= 0.6 is 11.8 Å². The average molecular weight is 246 g/mol. The van der Waals surface area contributed by atoms with E-state index in [2.05, 4.69) is 0 Å². The summed E-state index contributed by atoms with van der Waals surface area (Å²) in [4.78, 5) is 0. The second-order valence-electron chi connectivity index (χ2n) is 3.99. The molecular formula is C12H16F2OS. The number of aliphatic hydroxyl groups excluding tert-OH is 1. The van der Waals surface area contributed by atoms with E-state index in [1.165, 1.54) is 23.9 Å². The van der Waals surface area contributed by atoms with Gasteiger partial charge in [0.1, 0.15) is 11.6 Å². The summed E-state index contributed by atoms with van der Waals surface area (Å²) in [7, 11) is 0. The zero-order valence-corrected chi connectivity index (χ0v) is 10.4. The third kappa shape index (κ3) is 3.19. The molecule has 1 aromatic rings. The monoisotopic (exact) mass is 246 g/mol. The molecule has 0 bridgehead atoms. The van der Waals surface area contributed by atoms with E-state index < -0.39 is 17.7 Å². The summed E-state index contributed by atoms with van der Waals surface area (Å²) in [5.74, 6) is -1.02. The highest BCUT2D eigenvalue weighted by molar-refractivity contribution is 7.99. The molecule has 1 rings (SSSR count). The molecule has 1 atom stereocenters. The Balaban J connectivity index is 2.90. The SMILES string of the molecule is Cc1ccc(F)c(C(O)CSC(C)C)c1F. The number of aliphatic hydroxyl groups is 1. The number of rotatable bonds is 4. The molecule has 0 radical (unpaired) electrons. The van der Waals surface area contributed by atoms with Gasteiger partial charge in [0.2, 0.25) is 0 Å². The number of aryl methyl sites for hydroxylation is 1. The fourth-order valence-corrected chi connectivity index (χ4v) is 2.08. The van der Waals surface area contributed by atoms with Crippen molar-refractivity contribution in [2.24, 2.45) is 0 Å². The molecule has 0 aliphatic heterocycles. The van der Waals surface area contributed by atoms with Crippen LogP contribution in [0.5, 0.6) is 0 Å². The van der Waals surface area contributed by atoms with Gasteiger partial charge >= 0.3 is 0 Å². The van der Waals surface area contributed by atoms with Crippen molar-refractivity contribution in [2.75, 3.05) is 5.75 Å². The van der Waals surface area contributed by atoms with E-state index in [0.717, 1.165) is 0 Å². The Labute approximate surface area is 98.9 Å². The van der Waals surface area contributed by atoms with E-state index in [-0.39, 0.29) is 5.56 Å². The van der Waals surface area contributed by atoms with Gasteiger partial charge in [-0.15, -0.1) is 0 Å². The Morgan fingerprint density at radius 3 is 2.50 bits per heavy atom. The first kappa shape index (κ1) is 13.5. The molecular weight excluding hydrogens is 230 g/mol. The molecule has 0 fully saturated rings. The van der Waals surface area contributed by atoms with Crippen LogP contribution in [0.4, 0.5) is 8.78 Å². The molecule has 0 heterocycles. The minimum atomic E-state index is -1.09. The summed E-state index contributed by atoms with van der Waals surface area (Å²) in [6, 6.07) is 2.56. The van der Waals surface area contributed by atoms with Crippen LogP contribution in [0.15, 0.2) is 12.1 Å². The molecule has 0 aromatic heterocycles. The molecule has 90 valence electrons. The van der Waals surface area contributed by atoms with Gasteiger partial charge in [0.25, 0.3) is 0 Å². The molecule has 0 aliphatic carbocycles. The molecule has 1 unspecified atom stereocenters. The van der Waals surface area contributed by atoms with Crippen molar-refractivity contribution in [3.8, 4) is 0 Å². The molecule has 1 aromatic carbocycles. The number of halogens is 2. The van der Waals surface area contributed by atoms with E-state index in [0.29, 0.717) is 16.6 Å². The van der Waals surface area contributed by atoms with Crippen molar-refractivity contribution >= 4 is 11.8 Å². The molecule has 0 aliphatic rings. The first-order chi connectivity index (χ1) is 7.43. The minimum absolute atomic E-state index is 0.215. The lowest BCUT2D eigenvalue weighted by Crippen LogP contribution is -2.09. The van der Waals surface area contributed by atoms with Crippen LogP contribution in [0, 0.1) is 18.6 Å². The largest absolute Gasteiger partial charge is 0.387 e. The summed E-state index contributed by atoms with van der Waals surface area (Å²) in [6.07, 6.45) is -1.09. The molecule has 0 spiro atoms. The first-order valence-corrected chi connectivity index (χ1v) is 6.22. The van der Waals surface area contributed by atoms with E-state index >= 15 is 0 Å². The van der Waals surface area contributed by atoms with Crippen molar-refractivity contribution < 1.29 is 13.9 Å². The van der Waals surface area contributed by atoms with Crippen molar-refractivity contribution in [1.82, 2.24) is 0 Å². The average Bonchev–Trinajstić information content (AvgIpc) is 2.21. The van der Waals surface area contributed by atoms with Crippen LogP contribution in [0.2, 0.25) is 0 Å². The topological polar surface area (TPSA) is 20.2 Å². The van der Waals surface area contributed by atoms with Gasteiger partial charge in [-0.2, -0.15) is 11.8 Å².